The van der Waals surface area contributed by atoms with Crippen molar-refractivity contribution in [2.75, 3.05) is 0 Å². The second-order valence-corrected chi connectivity index (χ2v) is 18.6. The predicted octanol–water partition coefficient (Wildman–Crippen LogP) is 5.78. The van der Waals surface area contributed by atoms with Crippen molar-refractivity contribution in [3.05, 3.63) is 11.8 Å². The van der Waals surface area contributed by atoms with E-state index in [2.05, 4.69) is 59.6 Å². The zero-order valence-electron chi connectivity index (χ0n) is 13.7. The molecule has 0 spiro atoms. The van der Waals surface area contributed by atoms with E-state index in [-0.39, 0.29) is 0 Å². The Hall–Kier alpha value is -0.0262. The molecule has 0 saturated carbocycles. The van der Waals surface area contributed by atoms with Crippen LogP contribution in [0.25, 0.3) is 0 Å². The van der Waals surface area contributed by atoms with Gasteiger partial charge < -0.3 is 4.43 Å². The van der Waals surface area contributed by atoms with Crippen molar-refractivity contribution in [3.63, 3.8) is 0 Å². The van der Waals surface area contributed by atoms with Crippen LogP contribution in [0, 0.1) is 0 Å². The van der Waals surface area contributed by atoms with Crippen LogP contribution in [0.2, 0.25) is 43.3 Å². The minimum Gasteiger partial charge on any atom is -0.547 e. The Labute approximate surface area is 116 Å². The topological polar surface area (TPSA) is 9.23 Å². The van der Waals surface area contributed by atoms with Gasteiger partial charge in [-0.15, -0.1) is 0 Å². The molecule has 1 aliphatic rings. The molecule has 18 heavy (non-hydrogen) atoms. The summed E-state index contributed by atoms with van der Waals surface area (Å²) in [7, 11) is -2.69. The van der Waals surface area contributed by atoms with E-state index in [1.54, 1.807) is 0 Å². The van der Waals surface area contributed by atoms with Crippen molar-refractivity contribution in [1.82, 2.24) is 0 Å². The lowest BCUT2D eigenvalue weighted by atomic mass is 10.1. The Morgan fingerprint density at radius 3 is 2.11 bits per heavy atom. The predicted molar refractivity (Wildman–Crippen MR) is 87.3 cm³/mol. The van der Waals surface area contributed by atoms with E-state index in [4.69, 9.17) is 4.43 Å². The van der Waals surface area contributed by atoms with Crippen molar-refractivity contribution < 1.29 is 4.43 Å². The summed E-state index contributed by atoms with van der Waals surface area (Å²) in [5.74, 6) is 1.31. The maximum atomic E-state index is 6.49. The molecule has 1 nitrogen and oxygen atoms in total. The van der Waals surface area contributed by atoms with Crippen LogP contribution in [0.1, 0.15) is 40.0 Å². The quantitative estimate of drug-likeness (QED) is 0.596. The maximum absolute atomic E-state index is 6.49. The van der Waals surface area contributed by atoms with Crippen molar-refractivity contribution >= 4 is 16.4 Å². The van der Waals surface area contributed by atoms with Gasteiger partial charge in [0.2, 0.25) is 8.32 Å². The largest absolute Gasteiger partial charge is 0.547 e. The van der Waals surface area contributed by atoms with Gasteiger partial charge in [0.1, 0.15) is 0 Å². The molecule has 0 aromatic carbocycles. The molecule has 0 aromatic heterocycles. The summed E-state index contributed by atoms with van der Waals surface area (Å²) in [4.78, 5) is 0. The molecule has 0 radical (unpaired) electrons. The zero-order chi connectivity index (χ0) is 14.2. The summed E-state index contributed by atoms with van der Waals surface area (Å²) < 4.78 is 6.49. The fourth-order valence-corrected chi connectivity index (χ4v) is 5.02. The van der Waals surface area contributed by atoms with Crippen LogP contribution in [-0.2, 0) is 4.43 Å². The van der Waals surface area contributed by atoms with E-state index in [1.807, 2.05) is 0 Å². The van der Waals surface area contributed by atoms with Crippen LogP contribution in [0.4, 0.5) is 0 Å². The van der Waals surface area contributed by atoms with Gasteiger partial charge in [0.15, 0.2) is 0 Å². The summed E-state index contributed by atoms with van der Waals surface area (Å²) in [5.41, 5.74) is 0.811. The van der Waals surface area contributed by atoms with Gasteiger partial charge in [-0.05, 0) is 42.6 Å². The van der Waals surface area contributed by atoms with Crippen molar-refractivity contribution in [2.24, 2.45) is 0 Å². The van der Waals surface area contributed by atoms with Crippen molar-refractivity contribution in [1.29, 1.82) is 0 Å². The summed E-state index contributed by atoms with van der Waals surface area (Å²) in [6.45, 7) is 19.1. The van der Waals surface area contributed by atoms with E-state index < -0.39 is 16.4 Å². The first-order valence-corrected chi connectivity index (χ1v) is 13.8. The maximum Gasteiger partial charge on any atom is 0.250 e. The Bertz CT molecular complexity index is 318. The molecule has 1 unspecified atom stereocenters. The third-order valence-corrected chi connectivity index (χ3v) is 11.7. The van der Waals surface area contributed by atoms with E-state index in [0.29, 0.717) is 5.04 Å². The molecule has 0 amide bonds. The van der Waals surface area contributed by atoms with Gasteiger partial charge >= 0.3 is 0 Å². The standard InChI is InChI=1S/C15H32OSi2/c1-15(2,3)18(7,8)16-13-10-9-11-14(12-13)17(4,5)6/h12,14H,9-11H2,1-8H3. The highest BCUT2D eigenvalue weighted by Crippen LogP contribution is 2.41. The van der Waals surface area contributed by atoms with Gasteiger partial charge in [0, 0.05) is 6.42 Å². The zero-order valence-corrected chi connectivity index (χ0v) is 15.7. The Morgan fingerprint density at radius 2 is 1.67 bits per heavy atom. The fraction of sp³-hybridized carbons (Fsp3) is 0.867. The van der Waals surface area contributed by atoms with E-state index in [1.165, 1.54) is 18.6 Å². The SMILES string of the molecule is CC(C)(C)[Si](C)(C)OC1=CC([Si](C)(C)C)CCC1. The molecule has 0 heterocycles. The van der Waals surface area contributed by atoms with E-state index in [0.717, 1.165) is 12.0 Å². The number of rotatable bonds is 3. The Balaban J connectivity index is 2.82. The van der Waals surface area contributed by atoms with Gasteiger partial charge in [0.25, 0.3) is 0 Å². The molecular weight excluding hydrogens is 252 g/mol. The highest BCUT2D eigenvalue weighted by atomic mass is 28.4. The van der Waals surface area contributed by atoms with Crippen LogP contribution in [-0.4, -0.2) is 16.4 Å². The highest BCUT2D eigenvalue weighted by Gasteiger charge is 2.40. The number of allylic oxidation sites excluding steroid dienone is 2. The third kappa shape index (κ3) is 3.99. The number of hydrogen-bond acceptors (Lipinski definition) is 1. The average molecular weight is 285 g/mol. The molecule has 3 heteroatoms. The molecule has 0 N–H and O–H groups in total. The minimum absolute atomic E-state index is 0.306. The van der Waals surface area contributed by atoms with Crippen LogP contribution in [0.5, 0.6) is 0 Å². The lowest BCUT2D eigenvalue weighted by Gasteiger charge is -2.39. The third-order valence-electron chi connectivity index (χ3n) is 4.63. The van der Waals surface area contributed by atoms with Crippen molar-refractivity contribution in [2.45, 2.75) is 83.3 Å². The molecule has 1 aliphatic carbocycles. The van der Waals surface area contributed by atoms with Crippen LogP contribution in [0.3, 0.4) is 0 Å². The first kappa shape index (κ1) is 16.0. The van der Waals surface area contributed by atoms with Crippen LogP contribution in [0.15, 0.2) is 11.8 Å². The summed E-state index contributed by atoms with van der Waals surface area (Å²) in [6.07, 6.45) is 6.33. The molecule has 0 fully saturated rings. The monoisotopic (exact) mass is 284 g/mol. The Morgan fingerprint density at radius 1 is 1.11 bits per heavy atom. The molecule has 106 valence electrons. The second-order valence-electron chi connectivity index (χ2n) is 8.36. The second kappa shape index (κ2) is 5.16. The highest BCUT2D eigenvalue weighted by molar-refractivity contribution is 6.78. The Kier molecular flexibility index (Phi) is 4.59. The smallest absolute Gasteiger partial charge is 0.250 e. The fourth-order valence-electron chi connectivity index (χ4n) is 2.14. The summed E-state index contributed by atoms with van der Waals surface area (Å²) >= 11 is 0. The van der Waals surface area contributed by atoms with Gasteiger partial charge in [-0.25, -0.2) is 0 Å². The summed E-state index contributed by atoms with van der Waals surface area (Å²) in [6, 6.07) is 0. The molecule has 1 atom stereocenters. The molecule has 0 saturated heterocycles. The number of hydrogen-bond donors (Lipinski definition) is 0. The first-order valence-electron chi connectivity index (χ1n) is 7.33. The molecule has 0 aromatic rings. The van der Waals surface area contributed by atoms with Crippen LogP contribution >= 0.6 is 0 Å². The van der Waals surface area contributed by atoms with Crippen molar-refractivity contribution in [3.8, 4) is 0 Å². The molecule has 1 rings (SSSR count). The van der Waals surface area contributed by atoms with Gasteiger partial charge in [-0.1, -0.05) is 40.4 Å². The molecule has 0 bridgehead atoms. The normalized spacial score (nSPS) is 22.7. The van der Waals surface area contributed by atoms with E-state index >= 15 is 0 Å². The van der Waals surface area contributed by atoms with E-state index in [9.17, 15) is 0 Å². The van der Waals surface area contributed by atoms with Crippen LogP contribution < -0.4 is 0 Å². The molecular formula is C15H32OSi2. The average Bonchev–Trinajstić information content (AvgIpc) is 2.14. The van der Waals surface area contributed by atoms with Gasteiger partial charge in [-0.3, -0.25) is 0 Å². The first-order chi connectivity index (χ1) is 7.93. The van der Waals surface area contributed by atoms with Gasteiger partial charge in [0.05, 0.1) is 13.8 Å². The lowest BCUT2D eigenvalue weighted by molar-refractivity contribution is 0.351. The summed E-state index contributed by atoms with van der Waals surface area (Å²) in [5, 5.41) is 0.306. The molecule has 0 aliphatic heterocycles. The lowest BCUT2D eigenvalue weighted by Crippen LogP contribution is -2.41. The minimum atomic E-state index is -1.63. The van der Waals surface area contributed by atoms with Gasteiger partial charge in [-0.2, -0.15) is 0 Å².